The second kappa shape index (κ2) is 6.12. The predicted molar refractivity (Wildman–Crippen MR) is 76.6 cm³/mol. The highest BCUT2D eigenvalue weighted by Crippen LogP contribution is 2.31. The maximum Gasteiger partial charge on any atom is 0.0443 e. The van der Waals surface area contributed by atoms with E-state index < -0.39 is 0 Å². The summed E-state index contributed by atoms with van der Waals surface area (Å²) in [5.41, 5.74) is 3.76. The molecule has 0 spiro atoms. The van der Waals surface area contributed by atoms with E-state index in [9.17, 15) is 0 Å². The Kier molecular flexibility index (Phi) is 5.09. The number of aryl methyl sites for hydroxylation is 2. The van der Waals surface area contributed by atoms with Gasteiger partial charge in [0, 0.05) is 17.4 Å². The predicted octanol–water partition coefficient (Wildman–Crippen LogP) is 5.11. The lowest BCUT2D eigenvalue weighted by molar-refractivity contribution is 0.609. The van der Waals surface area contributed by atoms with Crippen molar-refractivity contribution in [2.75, 3.05) is 0 Å². The van der Waals surface area contributed by atoms with Crippen LogP contribution in [0.1, 0.15) is 49.8 Å². The van der Waals surface area contributed by atoms with Gasteiger partial charge in [0.1, 0.15) is 0 Å². The van der Waals surface area contributed by atoms with Gasteiger partial charge in [-0.2, -0.15) is 0 Å². The Hall–Kier alpha value is -0.930. The van der Waals surface area contributed by atoms with E-state index in [-0.39, 0.29) is 0 Å². The normalized spacial score (nSPS) is 13.8. The summed E-state index contributed by atoms with van der Waals surface area (Å²) < 4.78 is 0. The molecule has 2 unspecified atom stereocenters. The van der Waals surface area contributed by atoms with Crippen molar-refractivity contribution in [1.29, 1.82) is 0 Å². The van der Waals surface area contributed by atoms with E-state index in [2.05, 4.69) is 58.6 Å². The van der Waals surface area contributed by atoms with Crippen molar-refractivity contribution in [2.24, 2.45) is 5.92 Å². The van der Waals surface area contributed by atoms with Gasteiger partial charge in [-0.05, 0) is 42.5 Å². The smallest absolute Gasteiger partial charge is 0.0443 e. The van der Waals surface area contributed by atoms with Crippen LogP contribution in [-0.2, 0) is 0 Å². The lowest BCUT2D eigenvalue weighted by Gasteiger charge is -2.18. The summed E-state index contributed by atoms with van der Waals surface area (Å²) in [5, 5.41) is 0.866. The van der Waals surface area contributed by atoms with Crippen molar-refractivity contribution in [3.63, 3.8) is 0 Å². The van der Waals surface area contributed by atoms with Crippen LogP contribution in [0.25, 0.3) is 0 Å². The fourth-order valence-electron chi connectivity index (χ4n) is 1.81. The molecule has 17 heavy (non-hydrogen) atoms. The Morgan fingerprint density at radius 2 is 1.76 bits per heavy atom. The summed E-state index contributed by atoms with van der Waals surface area (Å²) in [6.07, 6.45) is 0.914. The Bertz CT molecular complexity index is 449. The highest BCUT2D eigenvalue weighted by Gasteiger charge is 2.16. The molecule has 0 aliphatic carbocycles. The second-order valence-electron chi connectivity index (χ2n) is 4.71. The maximum absolute atomic E-state index is 6.33. The molecule has 0 aliphatic rings. The molecule has 1 aromatic rings. The molecule has 0 bridgehead atoms. The maximum atomic E-state index is 6.33. The number of hydrogen-bond donors (Lipinski definition) is 0. The first kappa shape index (κ1) is 14.1. The van der Waals surface area contributed by atoms with Gasteiger partial charge in [0.2, 0.25) is 0 Å². The van der Waals surface area contributed by atoms with E-state index in [1.807, 2.05) is 0 Å². The molecule has 0 aliphatic heterocycles. The van der Waals surface area contributed by atoms with Crippen molar-refractivity contribution in [3.8, 4) is 11.8 Å². The van der Waals surface area contributed by atoms with E-state index in [0.29, 0.717) is 11.8 Å². The molecule has 0 radical (unpaired) electrons. The number of hydrogen-bond acceptors (Lipinski definition) is 0. The first-order chi connectivity index (χ1) is 7.97. The molecule has 1 rings (SSSR count). The quantitative estimate of drug-likeness (QED) is 0.638. The van der Waals surface area contributed by atoms with Crippen LogP contribution in [-0.4, -0.2) is 0 Å². The molecular weight excluding hydrogens is 228 g/mol. The van der Waals surface area contributed by atoms with E-state index in [1.165, 1.54) is 16.7 Å². The van der Waals surface area contributed by atoms with Crippen molar-refractivity contribution in [3.05, 3.63) is 33.8 Å². The minimum Gasteiger partial charge on any atom is -0.103 e. The molecule has 1 aromatic carbocycles. The van der Waals surface area contributed by atoms with Gasteiger partial charge < -0.3 is 0 Å². The Morgan fingerprint density at radius 3 is 2.35 bits per heavy atom. The fraction of sp³-hybridized carbons (Fsp3) is 0.500. The highest BCUT2D eigenvalue weighted by molar-refractivity contribution is 6.31. The molecule has 0 saturated carbocycles. The largest absolute Gasteiger partial charge is 0.103 e. The van der Waals surface area contributed by atoms with Gasteiger partial charge in [-0.1, -0.05) is 44.4 Å². The zero-order valence-corrected chi connectivity index (χ0v) is 12.2. The van der Waals surface area contributed by atoms with Crippen LogP contribution < -0.4 is 0 Å². The topological polar surface area (TPSA) is 0 Å². The van der Waals surface area contributed by atoms with Crippen LogP contribution in [0.15, 0.2) is 12.1 Å². The van der Waals surface area contributed by atoms with Crippen LogP contribution in [0, 0.1) is 31.6 Å². The molecule has 0 nitrogen and oxygen atoms in total. The summed E-state index contributed by atoms with van der Waals surface area (Å²) in [7, 11) is 0. The molecule has 0 saturated heterocycles. The molecule has 0 heterocycles. The summed E-state index contributed by atoms with van der Waals surface area (Å²) >= 11 is 6.33. The van der Waals surface area contributed by atoms with Crippen molar-refractivity contribution in [2.45, 2.75) is 47.0 Å². The standard InChI is InChI=1S/C16H21Cl/c1-6-7-8-11(2)14(5)15-9-12(3)13(4)10-16(15)17/h9-11,14H,6H2,1-5H3. The molecule has 2 atom stereocenters. The molecule has 0 amide bonds. The number of rotatable bonds is 2. The van der Waals surface area contributed by atoms with Gasteiger partial charge >= 0.3 is 0 Å². The minimum absolute atomic E-state index is 0.342. The molecule has 1 heteroatoms. The summed E-state index contributed by atoms with van der Waals surface area (Å²) in [4.78, 5) is 0. The van der Waals surface area contributed by atoms with E-state index in [1.54, 1.807) is 0 Å². The average molecular weight is 249 g/mol. The Balaban J connectivity index is 3.03. The van der Waals surface area contributed by atoms with Crippen molar-refractivity contribution >= 4 is 11.6 Å². The van der Waals surface area contributed by atoms with Gasteiger partial charge in [-0.3, -0.25) is 0 Å². The first-order valence-corrected chi connectivity index (χ1v) is 6.60. The molecule has 0 fully saturated rings. The monoisotopic (exact) mass is 248 g/mol. The zero-order chi connectivity index (χ0) is 13.0. The molecular formula is C16H21Cl. The van der Waals surface area contributed by atoms with Gasteiger partial charge in [0.25, 0.3) is 0 Å². The van der Waals surface area contributed by atoms with Gasteiger partial charge in [0.15, 0.2) is 0 Å². The third kappa shape index (κ3) is 3.51. The lowest BCUT2D eigenvalue weighted by atomic mass is 9.87. The fourth-order valence-corrected chi connectivity index (χ4v) is 2.20. The highest BCUT2D eigenvalue weighted by atomic mass is 35.5. The van der Waals surface area contributed by atoms with Crippen LogP contribution in [0.4, 0.5) is 0 Å². The Labute approximate surface area is 110 Å². The lowest BCUT2D eigenvalue weighted by Crippen LogP contribution is -2.05. The summed E-state index contributed by atoms with van der Waals surface area (Å²) in [6, 6.07) is 4.26. The zero-order valence-electron chi connectivity index (χ0n) is 11.4. The van der Waals surface area contributed by atoms with Crippen LogP contribution in [0.5, 0.6) is 0 Å². The number of halogens is 1. The average Bonchev–Trinajstić information content (AvgIpc) is 2.29. The third-order valence-corrected chi connectivity index (χ3v) is 3.69. The second-order valence-corrected chi connectivity index (χ2v) is 5.12. The van der Waals surface area contributed by atoms with Gasteiger partial charge in [0.05, 0.1) is 0 Å². The minimum atomic E-state index is 0.342. The van der Waals surface area contributed by atoms with E-state index >= 15 is 0 Å². The van der Waals surface area contributed by atoms with Crippen LogP contribution >= 0.6 is 11.6 Å². The third-order valence-electron chi connectivity index (χ3n) is 3.36. The molecule has 0 aromatic heterocycles. The van der Waals surface area contributed by atoms with Crippen LogP contribution in [0.2, 0.25) is 5.02 Å². The SMILES string of the molecule is CCC#CC(C)C(C)c1cc(C)c(C)cc1Cl. The summed E-state index contributed by atoms with van der Waals surface area (Å²) in [6.45, 7) is 10.7. The van der Waals surface area contributed by atoms with Gasteiger partial charge in [-0.25, -0.2) is 0 Å². The van der Waals surface area contributed by atoms with E-state index in [4.69, 9.17) is 11.6 Å². The van der Waals surface area contributed by atoms with E-state index in [0.717, 1.165) is 11.4 Å². The molecule has 0 N–H and O–H groups in total. The summed E-state index contributed by atoms with van der Waals surface area (Å²) in [5.74, 6) is 7.15. The van der Waals surface area contributed by atoms with Crippen molar-refractivity contribution in [1.82, 2.24) is 0 Å². The number of benzene rings is 1. The first-order valence-electron chi connectivity index (χ1n) is 6.22. The van der Waals surface area contributed by atoms with Gasteiger partial charge in [-0.15, -0.1) is 5.92 Å². The Morgan fingerprint density at radius 1 is 1.18 bits per heavy atom. The van der Waals surface area contributed by atoms with Crippen LogP contribution in [0.3, 0.4) is 0 Å². The molecule has 92 valence electrons. The van der Waals surface area contributed by atoms with Crippen molar-refractivity contribution < 1.29 is 0 Å².